The maximum atomic E-state index is 12.0. The van der Waals surface area contributed by atoms with E-state index in [4.69, 9.17) is 4.52 Å². The molecule has 1 saturated carbocycles. The van der Waals surface area contributed by atoms with Crippen LogP contribution >= 0.6 is 0 Å². The maximum Gasteiger partial charge on any atom is 0.314 e. The number of carbonyl (C=O) groups is 2. The zero-order valence-electron chi connectivity index (χ0n) is 13.3. The number of carbonyl (C=O) groups excluding carboxylic acids is 2. The van der Waals surface area contributed by atoms with E-state index < -0.39 is 17.4 Å². The van der Waals surface area contributed by atoms with Crippen LogP contribution in [0.1, 0.15) is 24.2 Å². The molecule has 126 valence electrons. The van der Waals surface area contributed by atoms with Crippen molar-refractivity contribution >= 4 is 17.6 Å². The highest BCUT2D eigenvalue weighted by Gasteiger charge is 2.45. The van der Waals surface area contributed by atoms with Crippen LogP contribution in [-0.2, 0) is 15.2 Å². The molecule has 1 fully saturated rings. The Hall–Kier alpha value is -2.67. The Labute approximate surface area is 139 Å². The Morgan fingerprint density at radius 2 is 2.00 bits per heavy atom. The van der Waals surface area contributed by atoms with E-state index in [2.05, 4.69) is 15.8 Å². The first-order chi connectivity index (χ1) is 11.5. The Morgan fingerprint density at radius 1 is 1.29 bits per heavy atom. The second-order valence-corrected chi connectivity index (χ2v) is 6.02. The molecule has 1 aromatic heterocycles. The average molecular weight is 329 g/mol. The normalized spacial score (nSPS) is 16.2. The number of hydrogen-bond acceptors (Lipinski definition) is 5. The van der Waals surface area contributed by atoms with Gasteiger partial charge in [-0.1, -0.05) is 35.5 Å². The number of nitrogens with one attached hydrogen (secondary N) is 2. The van der Waals surface area contributed by atoms with Gasteiger partial charge >= 0.3 is 11.8 Å². The summed E-state index contributed by atoms with van der Waals surface area (Å²) >= 11 is 0. The van der Waals surface area contributed by atoms with E-state index in [-0.39, 0.29) is 18.3 Å². The van der Waals surface area contributed by atoms with Gasteiger partial charge in [-0.25, -0.2) is 0 Å². The van der Waals surface area contributed by atoms with Crippen LogP contribution in [0.4, 0.5) is 5.82 Å². The first kappa shape index (κ1) is 16.2. The minimum absolute atomic E-state index is 0.0220. The lowest BCUT2D eigenvalue weighted by atomic mass is 9.88. The van der Waals surface area contributed by atoms with Crippen LogP contribution in [0.5, 0.6) is 0 Å². The van der Waals surface area contributed by atoms with Crippen LogP contribution in [0, 0.1) is 12.8 Å². The second-order valence-electron chi connectivity index (χ2n) is 6.02. The van der Waals surface area contributed by atoms with Crippen LogP contribution in [-0.4, -0.2) is 28.6 Å². The summed E-state index contributed by atoms with van der Waals surface area (Å²) in [4.78, 5) is 23.9. The van der Waals surface area contributed by atoms with Gasteiger partial charge in [0.25, 0.3) is 0 Å². The summed E-state index contributed by atoms with van der Waals surface area (Å²) in [6, 6.07) is 10.7. The van der Waals surface area contributed by atoms with Crippen molar-refractivity contribution in [1.82, 2.24) is 10.5 Å². The van der Waals surface area contributed by atoms with E-state index in [0.29, 0.717) is 5.76 Å². The number of rotatable bonds is 5. The summed E-state index contributed by atoms with van der Waals surface area (Å²) in [5.74, 6) is -0.896. The Kier molecular flexibility index (Phi) is 4.35. The molecule has 1 heterocycles. The first-order valence-corrected chi connectivity index (χ1v) is 7.79. The molecule has 7 heteroatoms. The van der Waals surface area contributed by atoms with Gasteiger partial charge in [-0.05, 0) is 31.2 Å². The summed E-state index contributed by atoms with van der Waals surface area (Å²) in [5, 5.41) is 19.4. The molecule has 24 heavy (non-hydrogen) atoms. The summed E-state index contributed by atoms with van der Waals surface area (Å²) in [6.07, 6.45) is 1.79. The number of nitrogens with zero attached hydrogens (tertiary/aromatic N) is 1. The number of anilines is 1. The molecule has 0 spiro atoms. The SMILES string of the molecule is Cc1cc(NC(=O)C(=O)NC[C@@](O)(c2ccccc2)C2CC2)no1. The Balaban J connectivity index is 1.62. The predicted molar refractivity (Wildman–Crippen MR) is 85.9 cm³/mol. The molecule has 0 unspecified atom stereocenters. The highest BCUT2D eigenvalue weighted by molar-refractivity contribution is 6.39. The lowest BCUT2D eigenvalue weighted by molar-refractivity contribution is -0.137. The monoisotopic (exact) mass is 329 g/mol. The van der Waals surface area contributed by atoms with Crippen LogP contribution in [0.2, 0.25) is 0 Å². The fraction of sp³-hybridized carbons (Fsp3) is 0.353. The maximum absolute atomic E-state index is 12.0. The fourth-order valence-corrected chi connectivity index (χ4v) is 2.66. The van der Waals surface area contributed by atoms with Crippen molar-refractivity contribution in [2.24, 2.45) is 5.92 Å². The van der Waals surface area contributed by atoms with E-state index in [9.17, 15) is 14.7 Å². The fourth-order valence-electron chi connectivity index (χ4n) is 2.66. The third kappa shape index (κ3) is 3.46. The molecule has 0 bridgehead atoms. The third-order valence-corrected chi connectivity index (χ3v) is 4.12. The topological polar surface area (TPSA) is 104 Å². The molecule has 1 atom stereocenters. The van der Waals surface area contributed by atoms with Gasteiger partial charge in [0.05, 0.1) is 6.54 Å². The molecule has 2 amide bonds. The molecular formula is C17H19N3O4. The second kappa shape index (κ2) is 6.45. The minimum atomic E-state index is -1.17. The number of benzene rings is 1. The predicted octanol–water partition coefficient (Wildman–Crippen LogP) is 1.34. The highest BCUT2D eigenvalue weighted by atomic mass is 16.5. The van der Waals surface area contributed by atoms with E-state index in [1.54, 1.807) is 6.92 Å². The lowest BCUT2D eigenvalue weighted by Gasteiger charge is -2.29. The van der Waals surface area contributed by atoms with Crippen molar-refractivity contribution in [1.29, 1.82) is 0 Å². The smallest absolute Gasteiger partial charge is 0.314 e. The summed E-state index contributed by atoms with van der Waals surface area (Å²) in [7, 11) is 0. The molecule has 0 saturated heterocycles. The lowest BCUT2D eigenvalue weighted by Crippen LogP contribution is -2.45. The van der Waals surface area contributed by atoms with Crippen molar-refractivity contribution in [2.75, 3.05) is 11.9 Å². The molecule has 7 nitrogen and oxygen atoms in total. The summed E-state index contributed by atoms with van der Waals surface area (Å²) < 4.78 is 4.82. The third-order valence-electron chi connectivity index (χ3n) is 4.12. The average Bonchev–Trinajstić information content (AvgIpc) is 3.37. The molecular weight excluding hydrogens is 310 g/mol. The van der Waals surface area contributed by atoms with Gasteiger partial charge in [0.2, 0.25) is 0 Å². The van der Waals surface area contributed by atoms with E-state index in [1.165, 1.54) is 6.07 Å². The van der Waals surface area contributed by atoms with Crippen LogP contribution < -0.4 is 10.6 Å². The van der Waals surface area contributed by atoms with E-state index in [0.717, 1.165) is 18.4 Å². The van der Waals surface area contributed by atoms with Gasteiger partial charge in [0, 0.05) is 6.07 Å². The number of aromatic nitrogens is 1. The van der Waals surface area contributed by atoms with Crippen molar-refractivity contribution < 1.29 is 19.2 Å². The zero-order chi connectivity index (χ0) is 17.2. The minimum Gasteiger partial charge on any atom is -0.383 e. The Morgan fingerprint density at radius 3 is 2.58 bits per heavy atom. The van der Waals surface area contributed by atoms with E-state index >= 15 is 0 Å². The van der Waals surface area contributed by atoms with Gasteiger partial charge < -0.3 is 14.9 Å². The summed E-state index contributed by atoms with van der Waals surface area (Å²) in [6.45, 7) is 1.66. The zero-order valence-corrected chi connectivity index (χ0v) is 13.3. The molecule has 1 aliphatic rings. The first-order valence-electron chi connectivity index (χ1n) is 7.79. The van der Waals surface area contributed by atoms with Gasteiger partial charge in [0.1, 0.15) is 11.4 Å². The number of aliphatic hydroxyl groups is 1. The molecule has 3 rings (SSSR count). The molecule has 0 radical (unpaired) electrons. The van der Waals surface area contributed by atoms with Crippen molar-refractivity contribution in [3.63, 3.8) is 0 Å². The van der Waals surface area contributed by atoms with Gasteiger partial charge in [-0.15, -0.1) is 0 Å². The number of amides is 2. The molecule has 1 aliphatic carbocycles. The molecule has 0 aliphatic heterocycles. The van der Waals surface area contributed by atoms with Crippen molar-refractivity contribution in [2.45, 2.75) is 25.4 Å². The van der Waals surface area contributed by atoms with Crippen LogP contribution in [0.25, 0.3) is 0 Å². The van der Waals surface area contributed by atoms with Crippen molar-refractivity contribution in [3.8, 4) is 0 Å². The molecule has 2 aromatic rings. The van der Waals surface area contributed by atoms with Crippen LogP contribution in [0.3, 0.4) is 0 Å². The largest absolute Gasteiger partial charge is 0.383 e. The highest BCUT2D eigenvalue weighted by Crippen LogP contribution is 2.45. The van der Waals surface area contributed by atoms with E-state index in [1.807, 2.05) is 30.3 Å². The van der Waals surface area contributed by atoms with Gasteiger partial charge in [-0.2, -0.15) is 0 Å². The van der Waals surface area contributed by atoms with Gasteiger partial charge in [-0.3, -0.25) is 14.9 Å². The van der Waals surface area contributed by atoms with Crippen LogP contribution in [0.15, 0.2) is 40.9 Å². The van der Waals surface area contributed by atoms with Gasteiger partial charge in [0.15, 0.2) is 5.82 Å². The molecule has 3 N–H and O–H groups in total. The summed E-state index contributed by atoms with van der Waals surface area (Å²) in [5.41, 5.74) is -0.429. The number of hydrogen-bond donors (Lipinski definition) is 3. The number of aryl methyl sites for hydroxylation is 1. The quantitative estimate of drug-likeness (QED) is 0.718. The molecule has 1 aromatic carbocycles. The van der Waals surface area contributed by atoms with Crippen molar-refractivity contribution in [3.05, 3.63) is 47.7 Å². The standard InChI is InChI=1S/C17H19N3O4/c1-11-9-14(20-24-11)19-16(22)15(21)18-10-17(23,13-7-8-13)12-5-3-2-4-6-12/h2-6,9,13,23H,7-8,10H2,1H3,(H,18,21)(H,19,20,22)/t17-/m1/s1. The Bertz CT molecular complexity index is 739.